The number of amides is 1. The Morgan fingerprint density at radius 3 is 2.84 bits per heavy atom. The molecule has 0 aliphatic carbocycles. The minimum absolute atomic E-state index is 0.216. The van der Waals surface area contributed by atoms with Crippen LogP contribution in [0.1, 0.15) is 34.5 Å². The van der Waals surface area contributed by atoms with Gasteiger partial charge in [-0.15, -0.1) is 0 Å². The Hall–Kier alpha value is -4.26. The Bertz CT molecular complexity index is 1460. The molecule has 1 aromatic carbocycles. The van der Waals surface area contributed by atoms with E-state index in [4.69, 9.17) is 5.10 Å². The standard InChI is InChI=1S/C25H22N6O/c1-3-17-9-7-10-18(27-17)16-31-21-12-8-11-20(24(21)19(4-2)29-31)28-25(32)22-15-26-23-13-5-6-14-30(22)23/h3,5-15H,1,4,16H2,2H3,(H,28,32). The summed E-state index contributed by atoms with van der Waals surface area (Å²) in [7, 11) is 0. The van der Waals surface area contributed by atoms with Gasteiger partial charge in [-0.3, -0.25) is 18.9 Å². The van der Waals surface area contributed by atoms with Crippen LogP contribution in [0.25, 0.3) is 22.6 Å². The highest BCUT2D eigenvalue weighted by molar-refractivity contribution is 6.08. The Balaban J connectivity index is 1.53. The van der Waals surface area contributed by atoms with Gasteiger partial charge in [0, 0.05) is 11.6 Å². The lowest BCUT2D eigenvalue weighted by molar-refractivity contribution is 0.102. The van der Waals surface area contributed by atoms with E-state index in [-0.39, 0.29) is 5.91 Å². The maximum Gasteiger partial charge on any atom is 0.274 e. The molecule has 0 aliphatic heterocycles. The van der Waals surface area contributed by atoms with Crippen LogP contribution in [-0.4, -0.2) is 30.1 Å². The second-order valence-corrected chi connectivity index (χ2v) is 7.44. The number of fused-ring (bicyclic) bond motifs is 2. The summed E-state index contributed by atoms with van der Waals surface area (Å²) in [5, 5.41) is 8.83. The monoisotopic (exact) mass is 422 g/mol. The Morgan fingerprint density at radius 2 is 2.00 bits per heavy atom. The second-order valence-electron chi connectivity index (χ2n) is 7.44. The molecular weight excluding hydrogens is 400 g/mol. The van der Waals surface area contributed by atoms with E-state index in [1.807, 2.05) is 65.5 Å². The molecule has 0 atom stereocenters. The van der Waals surface area contributed by atoms with Crippen molar-refractivity contribution in [2.24, 2.45) is 0 Å². The fraction of sp³-hybridized carbons (Fsp3) is 0.120. The number of imidazole rings is 1. The van der Waals surface area contributed by atoms with Gasteiger partial charge < -0.3 is 5.32 Å². The van der Waals surface area contributed by atoms with Crippen molar-refractivity contribution in [1.82, 2.24) is 24.1 Å². The number of anilines is 1. The lowest BCUT2D eigenvalue weighted by Crippen LogP contribution is -2.14. The molecule has 5 rings (SSSR count). The average Bonchev–Trinajstić information content (AvgIpc) is 3.41. The zero-order chi connectivity index (χ0) is 22.1. The Morgan fingerprint density at radius 1 is 1.12 bits per heavy atom. The third-order valence-corrected chi connectivity index (χ3v) is 5.43. The largest absolute Gasteiger partial charge is 0.320 e. The molecule has 0 spiro atoms. The molecule has 7 nitrogen and oxygen atoms in total. The predicted octanol–water partition coefficient (Wildman–Crippen LogP) is 4.59. The number of nitrogens with zero attached hydrogens (tertiary/aromatic N) is 5. The number of aryl methyl sites for hydroxylation is 1. The number of rotatable bonds is 6. The summed E-state index contributed by atoms with van der Waals surface area (Å²) in [5.74, 6) is -0.216. The lowest BCUT2D eigenvalue weighted by Gasteiger charge is -2.08. The lowest BCUT2D eigenvalue weighted by atomic mass is 10.1. The van der Waals surface area contributed by atoms with Crippen LogP contribution in [0.3, 0.4) is 0 Å². The van der Waals surface area contributed by atoms with E-state index in [9.17, 15) is 4.79 Å². The first-order valence-electron chi connectivity index (χ1n) is 10.5. The first-order valence-corrected chi connectivity index (χ1v) is 10.5. The molecule has 0 saturated heterocycles. The zero-order valence-electron chi connectivity index (χ0n) is 17.7. The van der Waals surface area contributed by atoms with Gasteiger partial charge in [0.1, 0.15) is 11.3 Å². The van der Waals surface area contributed by atoms with Crippen molar-refractivity contribution in [2.45, 2.75) is 19.9 Å². The van der Waals surface area contributed by atoms with E-state index in [0.717, 1.165) is 45.7 Å². The summed E-state index contributed by atoms with van der Waals surface area (Å²) in [6, 6.07) is 17.4. The summed E-state index contributed by atoms with van der Waals surface area (Å²) in [5.41, 5.74) is 5.54. The molecule has 0 aliphatic rings. The molecule has 5 aromatic rings. The predicted molar refractivity (Wildman–Crippen MR) is 126 cm³/mol. The van der Waals surface area contributed by atoms with Gasteiger partial charge in [0.15, 0.2) is 0 Å². The van der Waals surface area contributed by atoms with Crippen molar-refractivity contribution in [3.63, 3.8) is 0 Å². The van der Waals surface area contributed by atoms with E-state index >= 15 is 0 Å². The number of nitrogens with one attached hydrogen (secondary N) is 1. The van der Waals surface area contributed by atoms with Crippen molar-refractivity contribution in [3.8, 4) is 0 Å². The first-order chi connectivity index (χ1) is 15.7. The summed E-state index contributed by atoms with van der Waals surface area (Å²) in [6.07, 6.45) is 5.90. The molecule has 0 unspecified atom stereocenters. The summed E-state index contributed by atoms with van der Waals surface area (Å²) in [6.45, 7) is 6.39. The van der Waals surface area contributed by atoms with Gasteiger partial charge in [-0.05, 0) is 48.9 Å². The molecule has 0 bridgehead atoms. The molecule has 1 N–H and O–H groups in total. The molecule has 158 valence electrons. The smallest absolute Gasteiger partial charge is 0.274 e. The van der Waals surface area contributed by atoms with E-state index < -0.39 is 0 Å². The van der Waals surface area contributed by atoms with Gasteiger partial charge in [0.25, 0.3) is 5.91 Å². The fourth-order valence-electron chi connectivity index (χ4n) is 3.92. The number of hydrogen-bond acceptors (Lipinski definition) is 4. The SMILES string of the molecule is C=Cc1cccc(Cn2nc(CC)c3c(NC(=O)c4cnc5ccccn45)cccc32)n1. The number of aromatic nitrogens is 5. The summed E-state index contributed by atoms with van der Waals surface area (Å²) in [4.78, 5) is 22.0. The topological polar surface area (TPSA) is 77.1 Å². The quantitative estimate of drug-likeness (QED) is 0.434. The molecule has 32 heavy (non-hydrogen) atoms. The summed E-state index contributed by atoms with van der Waals surface area (Å²) >= 11 is 0. The van der Waals surface area contributed by atoms with Crippen molar-refractivity contribution in [1.29, 1.82) is 0 Å². The van der Waals surface area contributed by atoms with Gasteiger partial charge in [-0.1, -0.05) is 31.7 Å². The minimum Gasteiger partial charge on any atom is -0.320 e. The summed E-state index contributed by atoms with van der Waals surface area (Å²) < 4.78 is 3.71. The molecule has 0 radical (unpaired) electrons. The van der Waals surface area contributed by atoms with Gasteiger partial charge in [-0.2, -0.15) is 5.10 Å². The molecule has 0 saturated carbocycles. The molecule has 7 heteroatoms. The van der Waals surface area contributed by atoms with Crippen molar-refractivity contribution in [3.05, 3.63) is 96.3 Å². The maximum atomic E-state index is 13.1. The highest BCUT2D eigenvalue weighted by Gasteiger charge is 2.18. The van der Waals surface area contributed by atoms with Crippen LogP contribution in [0, 0.1) is 0 Å². The van der Waals surface area contributed by atoms with E-state index in [1.165, 1.54) is 0 Å². The highest BCUT2D eigenvalue weighted by atomic mass is 16.1. The van der Waals surface area contributed by atoms with E-state index in [2.05, 4.69) is 28.8 Å². The van der Waals surface area contributed by atoms with Crippen molar-refractivity contribution < 1.29 is 4.79 Å². The van der Waals surface area contributed by atoms with E-state index in [1.54, 1.807) is 16.7 Å². The van der Waals surface area contributed by atoms with Crippen LogP contribution in [0.4, 0.5) is 5.69 Å². The zero-order valence-corrected chi connectivity index (χ0v) is 17.7. The third-order valence-electron chi connectivity index (χ3n) is 5.43. The molecule has 0 fully saturated rings. The highest BCUT2D eigenvalue weighted by Crippen LogP contribution is 2.28. The minimum atomic E-state index is -0.216. The van der Waals surface area contributed by atoms with Gasteiger partial charge >= 0.3 is 0 Å². The average molecular weight is 422 g/mol. The van der Waals surface area contributed by atoms with E-state index in [0.29, 0.717) is 12.2 Å². The van der Waals surface area contributed by atoms with Crippen LogP contribution in [0.2, 0.25) is 0 Å². The molecular formula is C25H22N6O. The van der Waals surface area contributed by atoms with Gasteiger partial charge in [-0.25, -0.2) is 4.98 Å². The number of benzene rings is 1. The van der Waals surface area contributed by atoms with Gasteiger partial charge in [0.05, 0.1) is 41.0 Å². The van der Waals surface area contributed by atoms with Crippen LogP contribution in [-0.2, 0) is 13.0 Å². The van der Waals surface area contributed by atoms with Crippen LogP contribution in [0.5, 0.6) is 0 Å². The maximum absolute atomic E-state index is 13.1. The van der Waals surface area contributed by atoms with Crippen LogP contribution in [0.15, 0.2) is 73.6 Å². The van der Waals surface area contributed by atoms with Gasteiger partial charge in [0.2, 0.25) is 0 Å². The normalized spacial score (nSPS) is 11.2. The number of pyridine rings is 2. The van der Waals surface area contributed by atoms with Crippen molar-refractivity contribution in [2.75, 3.05) is 5.32 Å². The molecule has 4 heterocycles. The second kappa shape index (κ2) is 8.11. The van der Waals surface area contributed by atoms with Crippen LogP contribution < -0.4 is 5.32 Å². The molecule has 4 aromatic heterocycles. The number of hydrogen-bond donors (Lipinski definition) is 1. The number of carbonyl (C=O) groups is 1. The Kier molecular flexibility index (Phi) is 4.99. The van der Waals surface area contributed by atoms with Crippen molar-refractivity contribution >= 4 is 34.2 Å². The third kappa shape index (κ3) is 3.43. The number of carbonyl (C=O) groups excluding carboxylic acids is 1. The first kappa shape index (κ1) is 19.7. The Labute approximate surface area is 185 Å². The fourth-order valence-corrected chi connectivity index (χ4v) is 3.92. The van der Waals surface area contributed by atoms with Crippen LogP contribution >= 0.6 is 0 Å². The molecule has 1 amide bonds.